The number of carbonyl (C=O) groups excluding carboxylic acids is 1. The van der Waals surface area contributed by atoms with Gasteiger partial charge in [0.1, 0.15) is 0 Å². The molecule has 1 amide bonds. The second-order valence-electron chi connectivity index (χ2n) is 4.72. The molecule has 0 unspecified atom stereocenters. The Labute approximate surface area is 108 Å². The van der Waals surface area contributed by atoms with Gasteiger partial charge in [0.2, 0.25) is 11.8 Å². The van der Waals surface area contributed by atoms with E-state index in [4.69, 9.17) is 4.52 Å². The normalized spacial score (nSPS) is 12.8. The third-order valence-electron chi connectivity index (χ3n) is 2.83. The molecule has 1 N–H and O–H groups in total. The van der Waals surface area contributed by atoms with E-state index < -0.39 is 0 Å². The van der Waals surface area contributed by atoms with Crippen LogP contribution in [0.1, 0.15) is 38.4 Å². The van der Waals surface area contributed by atoms with Crippen molar-refractivity contribution in [2.45, 2.75) is 39.2 Å². The Balaban J connectivity index is 2.46. The van der Waals surface area contributed by atoms with Crippen LogP contribution >= 0.6 is 0 Å². The maximum atomic E-state index is 11.8. The molecule has 6 nitrogen and oxygen atoms in total. The van der Waals surface area contributed by atoms with Crippen molar-refractivity contribution in [1.29, 1.82) is 0 Å². The highest BCUT2D eigenvalue weighted by atomic mass is 16.5. The van der Waals surface area contributed by atoms with Crippen LogP contribution in [0.5, 0.6) is 0 Å². The Morgan fingerprint density at radius 2 is 2.11 bits per heavy atom. The first-order valence-corrected chi connectivity index (χ1v) is 6.20. The molecule has 1 heterocycles. The molecule has 0 aromatic carbocycles. The van der Waals surface area contributed by atoms with Gasteiger partial charge >= 0.3 is 0 Å². The van der Waals surface area contributed by atoms with Gasteiger partial charge in [-0.05, 0) is 14.0 Å². The van der Waals surface area contributed by atoms with E-state index in [1.54, 1.807) is 19.0 Å². The van der Waals surface area contributed by atoms with Crippen molar-refractivity contribution in [3.05, 3.63) is 11.7 Å². The van der Waals surface area contributed by atoms with Crippen molar-refractivity contribution < 1.29 is 9.32 Å². The molecule has 18 heavy (non-hydrogen) atoms. The molecule has 0 aliphatic carbocycles. The average molecular weight is 254 g/mol. The molecule has 0 saturated carbocycles. The molecule has 0 aliphatic heterocycles. The number of likely N-dealkylation sites (N-methyl/N-ethyl adjacent to an activating group) is 2. The fourth-order valence-corrected chi connectivity index (χ4v) is 1.44. The van der Waals surface area contributed by atoms with Crippen LogP contribution < -0.4 is 5.32 Å². The zero-order valence-electron chi connectivity index (χ0n) is 11.7. The van der Waals surface area contributed by atoms with Gasteiger partial charge in [0.05, 0.1) is 6.04 Å². The summed E-state index contributed by atoms with van der Waals surface area (Å²) in [5.41, 5.74) is 0. The van der Waals surface area contributed by atoms with Crippen molar-refractivity contribution in [3.63, 3.8) is 0 Å². The predicted octanol–water partition coefficient (Wildman–Crippen LogP) is 0.802. The summed E-state index contributed by atoms with van der Waals surface area (Å²) in [5.74, 6) is 1.58. The Bertz CT molecular complexity index is 389. The summed E-state index contributed by atoms with van der Waals surface area (Å²) in [7, 11) is 3.55. The van der Waals surface area contributed by atoms with Gasteiger partial charge in [-0.15, -0.1) is 0 Å². The molecule has 0 spiro atoms. The molecule has 1 rings (SSSR count). The lowest BCUT2D eigenvalue weighted by Crippen LogP contribution is -2.42. The van der Waals surface area contributed by atoms with Gasteiger partial charge in [-0.25, -0.2) is 0 Å². The minimum absolute atomic E-state index is 0.0603. The highest BCUT2D eigenvalue weighted by Gasteiger charge is 2.16. The Hall–Kier alpha value is -1.43. The first-order valence-electron chi connectivity index (χ1n) is 6.20. The van der Waals surface area contributed by atoms with Gasteiger partial charge in [0, 0.05) is 25.9 Å². The van der Waals surface area contributed by atoms with E-state index in [-0.39, 0.29) is 17.9 Å². The smallest absolute Gasteiger partial charge is 0.239 e. The van der Waals surface area contributed by atoms with Crippen LogP contribution in [-0.2, 0) is 11.2 Å². The van der Waals surface area contributed by atoms with Crippen LogP contribution in [0.25, 0.3) is 0 Å². The number of rotatable bonds is 6. The van der Waals surface area contributed by atoms with Crippen LogP contribution in [0.4, 0.5) is 0 Å². The zero-order chi connectivity index (χ0) is 13.7. The van der Waals surface area contributed by atoms with E-state index in [9.17, 15) is 4.79 Å². The van der Waals surface area contributed by atoms with Crippen LogP contribution in [0, 0.1) is 0 Å². The fraction of sp³-hybridized carbons (Fsp3) is 0.750. The first-order chi connectivity index (χ1) is 8.45. The lowest BCUT2D eigenvalue weighted by Gasteiger charge is -2.20. The summed E-state index contributed by atoms with van der Waals surface area (Å²) in [5, 5.41) is 6.82. The quantitative estimate of drug-likeness (QED) is 0.813. The third-order valence-corrected chi connectivity index (χ3v) is 2.83. The summed E-state index contributed by atoms with van der Waals surface area (Å²) in [6.45, 7) is 6.43. The van der Waals surface area contributed by atoms with Crippen molar-refractivity contribution >= 4 is 5.91 Å². The Kier molecular flexibility index (Phi) is 5.27. The lowest BCUT2D eigenvalue weighted by atomic mass is 10.2. The van der Waals surface area contributed by atoms with Crippen molar-refractivity contribution in [2.75, 3.05) is 20.6 Å². The highest BCUT2D eigenvalue weighted by Crippen LogP contribution is 2.11. The number of carbonyl (C=O) groups is 1. The summed E-state index contributed by atoms with van der Waals surface area (Å²) >= 11 is 0. The fourth-order valence-electron chi connectivity index (χ4n) is 1.44. The number of hydrogen-bond acceptors (Lipinski definition) is 5. The van der Waals surface area contributed by atoms with E-state index in [2.05, 4.69) is 15.5 Å². The van der Waals surface area contributed by atoms with Gasteiger partial charge in [-0.1, -0.05) is 19.0 Å². The monoisotopic (exact) mass is 254 g/mol. The molecule has 0 bridgehead atoms. The van der Waals surface area contributed by atoms with E-state index in [0.717, 1.165) is 0 Å². The van der Waals surface area contributed by atoms with Crippen LogP contribution in [0.2, 0.25) is 0 Å². The number of amides is 1. The van der Waals surface area contributed by atoms with Crippen molar-refractivity contribution in [1.82, 2.24) is 20.4 Å². The highest BCUT2D eigenvalue weighted by molar-refractivity contribution is 5.81. The SMILES string of the molecule is CN[C@@H](C)C(=O)N(C)CCc1noc(C(C)C)n1. The molecule has 0 aliphatic rings. The topological polar surface area (TPSA) is 71.3 Å². The van der Waals surface area contributed by atoms with Gasteiger partial charge in [-0.2, -0.15) is 4.98 Å². The summed E-state index contributed by atoms with van der Waals surface area (Å²) in [6, 6.07) is -0.175. The van der Waals surface area contributed by atoms with E-state index in [0.29, 0.717) is 24.7 Å². The molecule has 0 saturated heterocycles. The van der Waals surface area contributed by atoms with Crippen LogP contribution in [-0.4, -0.2) is 47.6 Å². The van der Waals surface area contributed by atoms with Crippen LogP contribution in [0.15, 0.2) is 4.52 Å². The Morgan fingerprint density at radius 3 is 2.61 bits per heavy atom. The number of nitrogens with one attached hydrogen (secondary N) is 1. The molecule has 0 fully saturated rings. The standard InChI is InChI=1S/C12H22N4O2/c1-8(2)11-14-10(15-18-11)6-7-16(5)12(17)9(3)13-4/h8-9,13H,6-7H2,1-5H3/t9-/m0/s1. The first kappa shape index (κ1) is 14.6. The summed E-state index contributed by atoms with van der Waals surface area (Å²) in [4.78, 5) is 17.8. The average Bonchev–Trinajstić information content (AvgIpc) is 2.82. The van der Waals surface area contributed by atoms with Crippen molar-refractivity contribution in [3.8, 4) is 0 Å². The van der Waals surface area contributed by atoms with Gasteiger partial charge < -0.3 is 14.7 Å². The predicted molar refractivity (Wildman–Crippen MR) is 68.2 cm³/mol. The van der Waals surface area contributed by atoms with E-state index in [1.807, 2.05) is 20.8 Å². The lowest BCUT2D eigenvalue weighted by molar-refractivity contribution is -0.131. The zero-order valence-corrected chi connectivity index (χ0v) is 11.7. The van der Waals surface area contributed by atoms with Crippen molar-refractivity contribution in [2.24, 2.45) is 0 Å². The minimum atomic E-state index is -0.175. The third kappa shape index (κ3) is 3.80. The van der Waals surface area contributed by atoms with Gasteiger partial charge in [0.15, 0.2) is 5.82 Å². The van der Waals surface area contributed by atoms with Crippen LogP contribution in [0.3, 0.4) is 0 Å². The molecule has 1 aromatic rings. The maximum Gasteiger partial charge on any atom is 0.239 e. The minimum Gasteiger partial charge on any atom is -0.344 e. The largest absolute Gasteiger partial charge is 0.344 e. The molecular weight excluding hydrogens is 232 g/mol. The second kappa shape index (κ2) is 6.49. The molecule has 6 heteroatoms. The number of nitrogens with zero attached hydrogens (tertiary/aromatic N) is 3. The van der Waals surface area contributed by atoms with E-state index >= 15 is 0 Å². The Morgan fingerprint density at radius 1 is 1.44 bits per heavy atom. The summed E-state index contributed by atoms with van der Waals surface area (Å²) in [6.07, 6.45) is 0.606. The van der Waals surface area contributed by atoms with Gasteiger partial charge in [0.25, 0.3) is 0 Å². The van der Waals surface area contributed by atoms with Gasteiger partial charge in [-0.3, -0.25) is 4.79 Å². The second-order valence-corrected chi connectivity index (χ2v) is 4.72. The molecule has 1 atom stereocenters. The molecule has 0 radical (unpaired) electrons. The molecule has 1 aromatic heterocycles. The number of hydrogen-bond donors (Lipinski definition) is 1. The molecule has 102 valence electrons. The molecular formula is C12H22N4O2. The van der Waals surface area contributed by atoms with E-state index in [1.165, 1.54) is 0 Å². The maximum absolute atomic E-state index is 11.8. The summed E-state index contributed by atoms with van der Waals surface area (Å²) < 4.78 is 5.11. The number of aromatic nitrogens is 2.